The average Bonchev–Trinajstić information content (AvgIpc) is 3.19. The zero-order valence-corrected chi connectivity index (χ0v) is 13.5. The summed E-state index contributed by atoms with van der Waals surface area (Å²) in [6.07, 6.45) is 5.04. The number of benzene rings is 1. The van der Waals surface area contributed by atoms with Crippen molar-refractivity contribution in [2.75, 3.05) is 0 Å². The lowest BCUT2D eigenvalue weighted by atomic mass is 9.89. The van der Waals surface area contributed by atoms with Crippen LogP contribution < -0.4 is 5.56 Å². The molecule has 3 N–H and O–H groups in total. The predicted molar refractivity (Wildman–Crippen MR) is 93.0 cm³/mol. The largest absolute Gasteiger partial charge is 0.503 e. The number of nitrogens with zero attached hydrogens (tertiary/aromatic N) is 3. The number of pyridine rings is 1. The minimum atomic E-state index is -0.576. The van der Waals surface area contributed by atoms with Crippen LogP contribution >= 0.6 is 0 Å². The second kappa shape index (κ2) is 6.40. The SMILES string of the molecule is O=c1[nH]c(-c2ccc(-c3nn[nH]n3)cc2)c(C2C=CC(F)=CC2)cc1O. The molecule has 0 saturated carbocycles. The Bertz CT molecular complexity index is 1050. The topological polar surface area (TPSA) is 108 Å². The molecule has 0 fully saturated rings. The molecule has 4 rings (SSSR count). The first-order valence-corrected chi connectivity index (χ1v) is 7.96. The standard InChI is InChI=1S/C18H14FN5O2/c19-13-7-5-10(6-8-13)14-9-15(25)18(26)20-16(14)11-1-3-12(4-2-11)17-21-23-24-22-17/h1-5,7-10,25H,6H2,(H,20,26)(H,21,22,23,24). The van der Waals surface area contributed by atoms with Crippen molar-refractivity contribution in [3.05, 3.63) is 70.3 Å². The lowest BCUT2D eigenvalue weighted by molar-refractivity contribution is 0.465. The molecule has 1 aliphatic rings. The van der Waals surface area contributed by atoms with E-state index in [2.05, 4.69) is 25.6 Å². The molecule has 1 atom stereocenters. The summed E-state index contributed by atoms with van der Waals surface area (Å²) in [5.41, 5.74) is 2.25. The summed E-state index contributed by atoms with van der Waals surface area (Å²) < 4.78 is 13.3. The molecule has 130 valence electrons. The zero-order chi connectivity index (χ0) is 18.1. The van der Waals surface area contributed by atoms with Gasteiger partial charge in [-0.3, -0.25) is 4.79 Å². The Labute approximate surface area is 146 Å². The van der Waals surface area contributed by atoms with E-state index in [1.165, 1.54) is 18.2 Å². The number of rotatable bonds is 3. The van der Waals surface area contributed by atoms with Crippen LogP contribution in [0, 0.1) is 0 Å². The summed E-state index contributed by atoms with van der Waals surface area (Å²) >= 11 is 0. The van der Waals surface area contributed by atoms with E-state index in [4.69, 9.17) is 0 Å². The van der Waals surface area contributed by atoms with Crippen LogP contribution in [0.1, 0.15) is 17.9 Å². The van der Waals surface area contributed by atoms with Crippen LogP contribution in [-0.2, 0) is 0 Å². The van der Waals surface area contributed by atoms with Gasteiger partial charge in [-0.2, -0.15) is 5.21 Å². The molecule has 3 aromatic rings. The van der Waals surface area contributed by atoms with Crippen molar-refractivity contribution in [3.63, 3.8) is 0 Å². The monoisotopic (exact) mass is 351 g/mol. The highest BCUT2D eigenvalue weighted by Gasteiger charge is 2.19. The highest BCUT2D eigenvalue weighted by Crippen LogP contribution is 2.34. The van der Waals surface area contributed by atoms with Gasteiger partial charge in [0.15, 0.2) is 5.75 Å². The summed E-state index contributed by atoms with van der Waals surface area (Å²) in [6, 6.07) is 8.70. The van der Waals surface area contributed by atoms with Crippen molar-refractivity contribution in [1.29, 1.82) is 0 Å². The molecule has 0 saturated heterocycles. The molecule has 1 unspecified atom stereocenters. The van der Waals surface area contributed by atoms with E-state index in [9.17, 15) is 14.3 Å². The molecule has 26 heavy (non-hydrogen) atoms. The number of aromatic nitrogens is 5. The summed E-state index contributed by atoms with van der Waals surface area (Å²) in [5, 5.41) is 23.6. The zero-order valence-electron chi connectivity index (χ0n) is 13.5. The van der Waals surface area contributed by atoms with Gasteiger partial charge in [-0.15, -0.1) is 10.2 Å². The average molecular weight is 351 g/mol. The van der Waals surface area contributed by atoms with E-state index in [0.29, 0.717) is 17.9 Å². The van der Waals surface area contributed by atoms with Crippen LogP contribution in [0.3, 0.4) is 0 Å². The van der Waals surface area contributed by atoms with E-state index < -0.39 is 5.56 Å². The second-order valence-corrected chi connectivity index (χ2v) is 5.92. The molecule has 8 heteroatoms. The molecule has 0 amide bonds. The molecule has 2 aromatic heterocycles. The molecule has 0 radical (unpaired) electrons. The van der Waals surface area contributed by atoms with Crippen molar-refractivity contribution in [3.8, 4) is 28.4 Å². The Kier molecular flexibility index (Phi) is 3.92. The third-order valence-electron chi connectivity index (χ3n) is 4.28. The number of halogens is 1. The Morgan fingerprint density at radius 3 is 2.62 bits per heavy atom. The lowest BCUT2D eigenvalue weighted by Crippen LogP contribution is -2.11. The number of H-pyrrole nitrogens is 2. The first kappa shape index (κ1) is 15.9. The molecule has 0 spiro atoms. The van der Waals surface area contributed by atoms with Gasteiger partial charge < -0.3 is 10.1 Å². The van der Waals surface area contributed by atoms with Crippen LogP contribution in [0.5, 0.6) is 5.75 Å². The first-order chi connectivity index (χ1) is 12.6. The summed E-state index contributed by atoms with van der Waals surface area (Å²) in [7, 11) is 0. The fourth-order valence-corrected chi connectivity index (χ4v) is 2.96. The fourth-order valence-electron chi connectivity index (χ4n) is 2.96. The molecular formula is C18H14FN5O2. The molecule has 2 heterocycles. The predicted octanol–water partition coefficient (Wildman–Crippen LogP) is 2.82. The van der Waals surface area contributed by atoms with Gasteiger partial charge in [-0.25, -0.2) is 4.39 Å². The van der Waals surface area contributed by atoms with Crippen molar-refractivity contribution < 1.29 is 9.50 Å². The van der Waals surface area contributed by atoms with Crippen molar-refractivity contribution in [2.24, 2.45) is 0 Å². The third-order valence-corrected chi connectivity index (χ3v) is 4.28. The summed E-state index contributed by atoms with van der Waals surface area (Å²) in [6.45, 7) is 0. The number of aromatic amines is 2. The van der Waals surface area contributed by atoms with Gasteiger partial charge in [0.05, 0.1) is 5.69 Å². The van der Waals surface area contributed by atoms with E-state index in [1.54, 1.807) is 6.08 Å². The van der Waals surface area contributed by atoms with Gasteiger partial charge in [-0.1, -0.05) is 30.3 Å². The first-order valence-electron chi connectivity index (χ1n) is 7.96. The van der Waals surface area contributed by atoms with Crippen LogP contribution in [0.15, 0.2) is 59.2 Å². The van der Waals surface area contributed by atoms with Crippen LogP contribution in [0.2, 0.25) is 0 Å². The number of aromatic hydroxyl groups is 1. The van der Waals surface area contributed by atoms with Gasteiger partial charge >= 0.3 is 0 Å². The second-order valence-electron chi connectivity index (χ2n) is 5.92. The van der Waals surface area contributed by atoms with Crippen LogP contribution in [-0.4, -0.2) is 30.7 Å². The Morgan fingerprint density at radius 1 is 1.19 bits per heavy atom. The minimum Gasteiger partial charge on any atom is -0.503 e. The quantitative estimate of drug-likeness (QED) is 0.672. The van der Waals surface area contributed by atoms with Gasteiger partial charge in [0.1, 0.15) is 5.83 Å². The van der Waals surface area contributed by atoms with E-state index >= 15 is 0 Å². The molecular weight excluding hydrogens is 337 g/mol. The highest BCUT2D eigenvalue weighted by atomic mass is 19.1. The van der Waals surface area contributed by atoms with Gasteiger partial charge in [0.25, 0.3) is 5.56 Å². The summed E-state index contributed by atoms with van der Waals surface area (Å²) in [5.74, 6) is -0.340. The summed E-state index contributed by atoms with van der Waals surface area (Å²) in [4.78, 5) is 14.6. The van der Waals surface area contributed by atoms with E-state index in [1.807, 2.05) is 24.3 Å². The molecule has 1 aliphatic carbocycles. The maximum atomic E-state index is 13.3. The number of nitrogens with one attached hydrogen (secondary N) is 2. The number of hydrogen-bond donors (Lipinski definition) is 3. The Morgan fingerprint density at radius 2 is 1.96 bits per heavy atom. The van der Waals surface area contributed by atoms with Crippen molar-refractivity contribution >= 4 is 0 Å². The van der Waals surface area contributed by atoms with Crippen LogP contribution in [0.25, 0.3) is 22.6 Å². The molecule has 1 aromatic carbocycles. The van der Waals surface area contributed by atoms with Gasteiger partial charge in [-0.05, 0) is 41.0 Å². The molecule has 7 nitrogen and oxygen atoms in total. The number of tetrazole rings is 1. The van der Waals surface area contributed by atoms with Crippen LogP contribution in [0.4, 0.5) is 4.39 Å². The maximum Gasteiger partial charge on any atom is 0.290 e. The van der Waals surface area contributed by atoms with Crippen molar-refractivity contribution in [2.45, 2.75) is 12.3 Å². The molecule has 0 aliphatic heterocycles. The Hall–Kier alpha value is -3.55. The Balaban J connectivity index is 1.77. The van der Waals surface area contributed by atoms with Crippen molar-refractivity contribution in [1.82, 2.24) is 25.6 Å². The van der Waals surface area contributed by atoms with Gasteiger partial charge in [0.2, 0.25) is 5.82 Å². The smallest absolute Gasteiger partial charge is 0.290 e. The van der Waals surface area contributed by atoms with E-state index in [0.717, 1.165) is 16.7 Å². The number of allylic oxidation sites excluding steroid dienone is 4. The maximum absolute atomic E-state index is 13.3. The van der Waals surface area contributed by atoms with E-state index in [-0.39, 0.29) is 17.5 Å². The lowest BCUT2D eigenvalue weighted by Gasteiger charge is -2.18. The fraction of sp³-hybridized carbons (Fsp3) is 0.111. The van der Waals surface area contributed by atoms with Gasteiger partial charge in [0, 0.05) is 11.5 Å². The number of hydrogen-bond acceptors (Lipinski definition) is 5. The minimum absolute atomic E-state index is 0.149. The highest BCUT2D eigenvalue weighted by molar-refractivity contribution is 5.68. The molecule has 0 bridgehead atoms. The third kappa shape index (κ3) is 2.92. The normalized spacial score (nSPS) is 16.5.